The fraction of sp³-hybridized carbons (Fsp3) is 0.148. The highest BCUT2D eigenvalue weighted by Gasteiger charge is 2.45. The number of esters is 2. The molecule has 1 aliphatic heterocycles. The Morgan fingerprint density at radius 1 is 1.14 bits per heavy atom. The number of fused-ring (bicyclic) bond motifs is 2. The largest absolute Gasteiger partial charge is 0.465 e. The summed E-state index contributed by atoms with van der Waals surface area (Å²) in [6, 6.07) is 12.2. The number of carbonyl (C=O) groups is 3. The average molecular weight is 517 g/mol. The molecule has 2 aromatic carbocycles. The SMILES string of the molecule is C=CCOC(=O)c1sc(N2C(=O)c3oc4ccccc4c(=O)c3[C@H]2c2ccc(C(=O)OC)cc2)nc1C. The van der Waals surface area contributed by atoms with Gasteiger partial charge in [0.25, 0.3) is 5.91 Å². The van der Waals surface area contributed by atoms with Crippen LogP contribution in [0.15, 0.2) is 70.4 Å². The number of rotatable bonds is 6. The first-order valence-corrected chi connectivity index (χ1v) is 12.0. The normalized spacial score (nSPS) is 14.5. The molecule has 0 bridgehead atoms. The molecule has 3 heterocycles. The van der Waals surface area contributed by atoms with Crippen molar-refractivity contribution in [2.45, 2.75) is 13.0 Å². The van der Waals surface area contributed by atoms with Crippen LogP contribution in [-0.4, -0.2) is 36.5 Å². The van der Waals surface area contributed by atoms with E-state index in [-0.39, 0.29) is 39.0 Å². The molecule has 1 amide bonds. The molecule has 0 N–H and O–H groups in total. The Bertz CT molecular complexity index is 1640. The molecule has 0 spiro atoms. The third-order valence-electron chi connectivity index (χ3n) is 5.93. The zero-order valence-electron chi connectivity index (χ0n) is 19.8. The summed E-state index contributed by atoms with van der Waals surface area (Å²) in [7, 11) is 1.28. The highest BCUT2D eigenvalue weighted by Crippen LogP contribution is 2.43. The van der Waals surface area contributed by atoms with Crippen molar-refractivity contribution in [3.05, 3.63) is 104 Å². The number of carbonyl (C=O) groups excluding carboxylic acids is 3. The first-order valence-electron chi connectivity index (χ1n) is 11.2. The van der Waals surface area contributed by atoms with Gasteiger partial charge in [-0.25, -0.2) is 14.6 Å². The number of nitrogens with zero attached hydrogens (tertiary/aromatic N) is 2. The third-order valence-corrected chi connectivity index (χ3v) is 7.07. The standard InChI is InChI=1S/C27H20N2O7S/c1-4-13-35-26(33)23-14(2)28-27(37-23)29-20(15-9-11-16(12-10-15)25(32)34-3)19-21(30)17-7-5-6-8-18(17)36-22(19)24(29)31/h4-12,20H,1,13H2,2-3H3/t20-/m1/s1. The fourth-order valence-electron chi connectivity index (χ4n) is 4.23. The van der Waals surface area contributed by atoms with Crippen molar-refractivity contribution in [3.63, 3.8) is 0 Å². The zero-order valence-corrected chi connectivity index (χ0v) is 20.7. The predicted molar refractivity (Wildman–Crippen MR) is 136 cm³/mol. The lowest BCUT2D eigenvalue weighted by Gasteiger charge is -2.22. The molecule has 2 aromatic heterocycles. The van der Waals surface area contributed by atoms with E-state index in [0.717, 1.165) is 11.3 Å². The molecule has 0 saturated carbocycles. The van der Waals surface area contributed by atoms with Crippen molar-refractivity contribution < 1.29 is 28.3 Å². The number of hydrogen-bond acceptors (Lipinski definition) is 9. The quantitative estimate of drug-likeness (QED) is 0.273. The Kier molecular flexibility index (Phi) is 6.18. The minimum absolute atomic E-state index is 0.0276. The van der Waals surface area contributed by atoms with Crippen LogP contribution < -0.4 is 10.3 Å². The molecule has 5 rings (SSSR count). The molecule has 1 aliphatic rings. The van der Waals surface area contributed by atoms with Crippen LogP contribution in [-0.2, 0) is 9.47 Å². The second-order valence-corrected chi connectivity index (χ2v) is 9.14. The Hall–Kier alpha value is -4.57. The van der Waals surface area contributed by atoms with Crippen molar-refractivity contribution >= 4 is 45.3 Å². The van der Waals surface area contributed by atoms with Gasteiger partial charge in [0.1, 0.15) is 17.1 Å². The maximum atomic E-state index is 13.7. The Morgan fingerprint density at radius 3 is 2.57 bits per heavy atom. The van der Waals surface area contributed by atoms with Gasteiger partial charge >= 0.3 is 11.9 Å². The Labute approximate surface area is 214 Å². The summed E-state index contributed by atoms with van der Waals surface area (Å²) in [6.07, 6.45) is 1.45. The number of aromatic nitrogens is 1. The van der Waals surface area contributed by atoms with E-state index < -0.39 is 23.9 Å². The fourth-order valence-corrected chi connectivity index (χ4v) is 5.21. The van der Waals surface area contributed by atoms with Gasteiger partial charge in [-0.2, -0.15) is 0 Å². The monoisotopic (exact) mass is 516 g/mol. The number of para-hydroxylation sites is 1. The van der Waals surface area contributed by atoms with E-state index in [9.17, 15) is 19.2 Å². The van der Waals surface area contributed by atoms with E-state index in [2.05, 4.69) is 11.6 Å². The van der Waals surface area contributed by atoms with Crippen LogP contribution >= 0.6 is 11.3 Å². The van der Waals surface area contributed by atoms with E-state index in [0.29, 0.717) is 22.2 Å². The molecular formula is C27H20N2O7S. The second kappa shape index (κ2) is 9.47. The maximum Gasteiger partial charge on any atom is 0.350 e. The molecule has 0 aliphatic carbocycles. The van der Waals surface area contributed by atoms with Gasteiger partial charge in [-0.05, 0) is 36.8 Å². The van der Waals surface area contributed by atoms with Crippen molar-refractivity contribution in [3.8, 4) is 0 Å². The van der Waals surface area contributed by atoms with Gasteiger partial charge in [-0.1, -0.05) is 48.3 Å². The molecule has 0 saturated heterocycles. The minimum atomic E-state index is -0.905. The highest BCUT2D eigenvalue weighted by atomic mass is 32.1. The minimum Gasteiger partial charge on any atom is -0.465 e. The molecular weight excluding hydrogens is 496 g/mol. The lowest BCUT2D eigenvalue weighted by atomic mass is 9.98. The molecule has 0 radical (unpaired) electrons. The number of ether oxygens (including phenoxy) is 2. The molecule has 4 aromatic rings. The van der Waals surface area contributed by atoms with E-state index in [4.69, 9.17) is 13.9 Å². The summed E-state index contributed by atoms with van der Waals surface area (Å²) in [5.74, 6) is -1.78. The number of methoxy groups -OCH3 is 1. The summed E-state index contributed by atoms with van der Waals surface area (Å²) in [4.78, 5) is 57.9. The third kappa shape index (κ3) is 4.01. The van der Waals surface area contributed by atoms with Gasteiger partial charge in [-0.3, -0.25) is 14.5 Å². The lowest BCUT2D eigenvalue weighted by Crippen LogP contribution is -2.29. The van der Waals surface area contributed by atoms with Gasteiger partial charge in [0.05, 0.1) is 35.4 Å². The predicted octanol–water partition coefficient (Wildman–Crippen LogP) is 4.44. The van der Waals surface area contributed by atoms with Gasteiger partial charge in [0.2, 0.25) is 5.76 Å². The van der Waals surface area contributed by atoms with Crippen LogP contribution in [0, 0.1) is 6.92 Å². The Balaban J connectivity index is 1.69. The van der Waals surface area contributed by atoms with Gasteiger partial charge < -0.3 is 13.9 Å². The number of benzene rings is 2. The number of anilines is 1. The highest BCUT2D eigenvalue weighted by molar-refractivity contribution is 7.17. The van der Waals surface area contributed by atoms with Crippen molar-refractivity contribution in [1.29, 1.82) is 0 Å². The zero-order chi connectivity index (χ0) is 26.3. The maximum absolute atomic E-state index is 13.7. The number of amides is 1. The average Bonchev–Trinajstić information content (AvgIpc) is 3.44. The van der Waals surface area contributed by atoms with E-state index in [1.807, 2.05) is 0 Å². The van der Waals surface area contributed by atoms with Gasteiger partial charge in [0.15, 0.2) is 10.6 Å². The summed E-state index contributed by atoms with van der Waals surface area (Å²) in [5, 5.41) is 0.529. The molecule has 1 atom stereocenters. The van der Waals surface area contributed by atoms with Crippen LogP contribution in [0.25, 0.3) is 11.0 Å². The van der Waals surface area contributed by atoms with E-state index in [1.165, 1.54) is 18.1 Å². The summed E-state index contributed by atoms with van der Waals surface area (Å²) in [5.41, 5.74) is 1.32. The molecule has 10 heteroatoms. The molecule has 37 heavy (non-hydrogen) atoms. The van der Waals surface area contributed by atoms with Crippen molar-refractivity contribution in [1.82, 2.24) is 4.98 Å². The topological polar surface area (TPSA) is 116 Å². The van der Waals surface area contributed by atoms with E-state index >= 15 is 0 Å². The lowest BCUT2D eigenvalue weighted by molar-refractivity contribution is 0.0552. The summed E-state index contributed by atoms with van der Waals surface area (Å²) >= 11 is 0.977. The summed E-state index contributed by atoms with van der Waals surface area (Å²) in [6.45, 7) is 5.20. The number of hydrogen-bond donors (Lipinski definition) is 0. The Morgan fingerprint density at radius 2 is 1.86 bits per heavy atom. The van der Waals surface area contributed by atoms with Gasteiger partial charge in [0, 0.05) is 0 Å². The van der Waals surface area contributed by atoms with Crippen LogP contribution in [0.3, 0.4) is 0 Å². The molecule has 9 nitrogen and oxygen atoms in total. The first-order chi connectivity index (χ1) is 17.8. The smallest absolute Gasteiger partial charge is 0.350 e. The number of aryl methyl sites for hydroxylation is 1. The van der Waals surface area contributed by atoms with E-state index in [1.54, 1.807) is 55.5 Å². The second-order valence-electron chi connectivity index (χ2n) is 8.16. The van der Waals surface area contributed by atoms with Gasteiger partial charge in [-0.15, -0.1) is 0 Å². The summed E-state index contributed by atoms with van der Waals surface area (Å²) < 4.78 is 15.8. The van der Waals surface area contributed by atoms with Crippen LogP contribution in [0.1, 0.15) is 53.4 Å². The van der Waals surface area contributed by atoms with Crippen molar-refractivity contribution in [2.24, 2.45) is 0 Å². The van der Waals surface area contributed by atoms with Crippen LogP contribution in [0.2, 0.25) is 0 Å². The molecule has 0 unspecified atom stereocenters. The van der Waals surface area contributed by atoms with Crippen LogP contribution in [0.4, 0.5) is 5.13 Å². The molecule has 0 fully saturated rings. The first kappa shape index (κ1) is 24.1. The molecule has 186 valence electrons. The van der Waals surface area contributed by atoms with Crippen LogP contribution in [0.5, 0.6) is 0 Å². The van der Waals surface area contributed by atoms with Crippen molar-refractivity contribution in [2.75, 3.05) is 18.6 Å². The number of thiazole rings is 1.